The Hall–Kier alpha value is -2.27. The van der Waals surface area contributed by atoms with Crippen molar-refractivity contribution < 1.29 is 48.2 Å². The van der Waals surface area contributed by atoms with E-state index in [1.165, 1.54) is 7.11 Å². The molecule has 0 unspecified atom stereocenters. The van der Waals surface area contributed by atoms with Gasteiger partial charge in [-0.05, 0) is 39.3 Å². The lowest BCUT2D eigenvalue weighted by atomic mass is 9.79. The number of carbonyl (C=O) groups excluding carboxylic acids is 2. The van der Waals surface area contributed by atoms with Crippen LogP contribution in [0.3, 0.4) is 0 Å². The molecule has 14 atom stereocenters. The van der Waals surface area contributed by atoms with Gasteiger partial charge < -0.3 is 44.0 Å². The van der Waals surface area contributed by atoms with E-state index in [4.69, 9.17) is 40.0 Å². The summed E-state index contributed by atoms with van der Waals surface area (Å²) < 4.78 is 36.4. The number of fused-ring (bicyclic) bond motifs is 2. The summed E-state index contributed by atoms with van der Waals surface area (Å²) in [5.74, 6) is 3.19. The topological polar surface area (TPSA) is 142 Å². The van der Waals surface area contributed by atoms with Crippen molar-refractivity contribution in [2.45, 2.75) is 126 Å². The summed E-state index contributed by atoms with van der Waals surface area (Å²) >= 11 is 6.00. The van der Waals surface area contributed by atoms with Crippen LogP contribution in [0, 0.1) is 29.6 Å². The summed E-state index contributed by atoms with van der Waals surface area (Å²) in [6, 6.07) is -0.758. The first-order valence-corrected chi connectivity index (χ1v) is 16.7. The number of rotatable bonds is 8. The standard InChI is InChI=1S/C35H50ClNO10/c1-20-14-25(13-11-9-8-10-12-24-16-26(24)36)45-29(39)18-35(41)17-28(22(3)30(47-35)21(2)27(15-20)42-6)46-33-32(43-7)34(5,40)31(37-19-38)23(4)44-33/h8-9,11,13,15,19,21-28,30-33,40-41H,14,16-18H2,1-7H3,(H,37,38)/b9-8+,13-11+,20-15+/t21-,22-,23-,24+,25+,26+,27-,28-,30+,31+,32-,33+,34+,35+/m0/s1. The molecular weight excluding hydrogens is 630 g/mol. The molecule has 0 aromatic heterocycles. The van der Waals surface area contributed by atoms with E-state index in [0.29, 0.717) is 12.8 Å². The Kier molecular flexibility index (Phi) is 12.8. The average Bonchev–Trinajstić information content (AvgIpc) is 3.70. The summed E-state index contributed by atoms with van der Waals surface area (Å²) in [4.78, 5) is 24.6. The largest absolute Gasteiger partial charge is 0.458 e. The Bertz CT molecular complexity index is 1260. The molecule has 1 amide bonds. The van der Waals surface area contributed by atoms with Gasteiger partial charge in [0.05, 0.1) is 36.9 Å². The maximum atomic E-state index is 13.3. The van der Waals surface area contributed by atoms with Crippen molar-refractivity contribution in [2.24, 2.45) is 17.8 Å². The van der Waals surface area contributed by atoms with Crippen molar-refractivity contribution in [2.75, 3.05) is 14.2 Å². The molecule has 0 aromatic carbocycles. The summed E-state index contributed by atoms with van der Waals surface area (Å²) in [7, 11) is 3.04. The van der Waals surface area contributed by atoms with E-state index in [-0.39, 0.29) is 35.7 Å². The van der Waals surface area contributed by atoms with Gasteiger partial charge in [-0.25, -0.2) is 0 Å². The molecule has 262 valence electrons. The van der Waals surface area contributed by atoms with Crippen LogP contribution in [0.25, 0.3) is 0 Å². The predicted octanol–water partition coefficient (Wildman–Crippen LogP) is 3.16. The lowest BCUT2D eigenvalue weighted by Crippen LogP contribution is -2.70. The third-order valence-electron chi connectivity index (χ3n) is 9.64. The Morgan fingerprint density at radius 2 is 1.87 bits per heavy atom. The van der Waals surface area contributed by atoms with Crippen LogP contribution < -0.4 is 5.32 Å². The van der Waals surface area contributed by atoms with Crippen LogP contribution >= 0.6 is 11.6 Å². The predicted molar refractivity (Wildman–Crippen MR) is 174 cm³/mol. The molecular formula is C35H50ClNO10. The second-order valence-corrected chi connectivity index (χ2v) is 14.1. The minimum atomic E-state index is -1.93. The smallest absolute Gasteiger partial charge is 0.311 e. The molecule has 47 heavy (non-hydrogen) atoms. The molecule has 1 aliphatic carbocycles. The number of amides is 1. The fourth-order valence-electron chi connectivity index (χ4n) is 6.92. The van der Waals surface area contributed by atoms with Gasteiger partial charge in [0.25, 0.3) is 0 Å². The number of halogens is 1. The van der Waals surface area contributed by atoms with Crippen molar-refractivity contribution in [1.29, 1.82) is 0 Å². The molecule has 11 nitrogen and oxygen atoms in total. The maximum Gasteiger partial charge on any atom is 0.311 e. The van der Waals surface area contributed by atoms with E-state index in [1.807, 2.05) is 26.8 Å². The molecule has 12 heteroatoms. The Morgan fingerprint density at radius 3 is 2.51 bits per heavy atom. The number of allylic oxidation sites excluding steroid dienone is 3. The summed E-state index contributed by atoms with van der Waals surface area (Å²) in [5, 5.41) is 26.0. The fourth-order valence-corrected chi connectivity index (χ4v) is 7.17. The Morgan fingerprint density at radius 1 is 1.15 bits per heavy atom. The summed E-state index contributed by atoms with van der Waals surface area (Å²) in [5.41, 5.74) is -0.591. The monoisotopic (exact) mass is 679 g/mol. The zero-order valence-corrected chi connectivity index (χ0v) is 29.0. The van der Waals surface area contributed by atoms with Crippen LogP contribution in [-0.2, 0) is 38.0 Å². The van der Waals surface area contributed by atoms with Crippen molar-refractivity contribution in [3.63, 3.8) is 0 Å². The van der Waals surface area contributed by atoms with Crippen LogP contribution in [0.15, 0.2) is 36.0 Å². The quantitative estimate of drug-likeness (QED) is 0.0875. The Balaban J connectivity index is 1.58. The highest BCUT2D eigenvalue weighted by molar-refractivity contribution is 6.22. The molecule has 3 aliphatic heterocycles. The van der Waals surface area contributed by atoms with Crippen molar-refractivity contribution in [1.82, 2.24) is 5.32 Å². The number of carbonyl (C=O) groups is 2. The zero-order valence-electron chi connectivity index (χ0n) is 28.3. The highest BCUT2D eigenvalue weighted by atomic mass is 35.5. The van der Waals surface area contributed by atoms with Crippen molar-refractivity contribution in [3.8, 4) is 11.8 Å². The SMILES string of the molecule is CO[C@H]1/C=C(\C)C[C@@H](/C=C/C=C/C#C[C@@H]2C[C@H]2Cl)OC(=O)C[C@@]2(O)C[C@H](O[C@H]3O[C@@H](C)[C@@H](NC=O)[C@@](C)(O)[C@H]3OC)[C@H](C)[C@H](O2)[C@H]1C. The second-order valence-electron chi connectivity index (χ2n) is 13.5. The summed E-state index contributed by atoms with van der Waals surface area (Å²) in [6.45, 7) is 9.14. The third kappa shape index (κ3) is 9.25. The molecule has 4 rings (SSSR count). The molecule has 1 saturated carbocycles. The second kappa shape index (κ2) is 16.0. The number of hydrogen-bond donors (Lipinski definition) is 3. The first-order chi connectivity index (χ1) is 22.2. The van der Waals surface area contributed by atoms with Crippen LogP contribution in [0.5, 0.6) is 0 Å². The Labute approximate surface area is 283 Å². The average molecular weight is 680 g/mol. The van der Waals surface area contributed by atoms with Gasteiger partial charge in [0, 0.05) is 50.2 Å². The number of nitrogens with one attached hydrogen (secondary N) is 1. The van der Waals surface area contributed by atoms with Gasteiger partial charge in [0.1, 0.15) is 17.8 Å². The van der Waals surface area contributed by atoms with Gasteiger partial charge in [-0.3, -0.25) is 9.59 Å². The van der Waals surface area contributed by atoms with Crippen LogP contribution in [0.4, 0.5) is 0 Å². The highest BCUT2D eigenvalue weighted by Gasteiger charge is 2.56. The molecule has 3 N–H and O–H groups in total. The van der Waals surface area contributed by atoms with Crippen molar-refractivity contribution in [3.05, 3.63) is 36.0 Å². The number of methoxy groups -OCH3 is 2. The lowest BCUT2D eigenvalue weighted by molar-refractivity contribution is -0.352. The summed E-state index contributed by atoms with van der Waals surface area (Å²) in [6.07, 6.45) is 5.45. The molecule has 0 radical (unpaired) electrons. The zero-order chi connectivity index (χ0) is 34.5. The van der Waals surface area contributed by atoms with Gasteiger partial charge in [0.15, 0.2) is 12.1 Å². The molecule has 2 bridgehead atoms. The number of alkyl halides is 1. The van der Waals surface area contributed by atoms with Gasteiger partial charge in [-0.15, -0.1) is 11.6 Å². The van der Waals surface area contributed by atoms with Gasteiger partial charge in [-0.2, -0.15) is 0 Å². The fraction of sp³-hybridized carbons (Fsp3) is 0.714. The number of esters is 1. The molecule has 2 saturated heterocycles. The minimum absolute atomic E-state index is 0.0755. The number of ether oxygens (including phenoxy) is 6. The number of aliphatic hydroxyl groups is 2. The molecule has 4 aliphatic rings. The normalized spacial score (nSPS) is 45.5. The first-order valence-electron chi connectivity index (χ1n) is 16.3. The lowest BCUT2D eigenvalue weighted by Gasteiger charge is -2.52. The molecule has 3 fully saturated rings. The van der Waals surface area contributed by atoms with E-state index >= 15 is 0 Å². The highest BCUT2D eigenvalue weighted by Crippen LogP contribution is 2.42. The maximum absolute atomic E-state index is 13.3. The first kappa shape index (κ1) is 37.5. The van der Waals surface area contributed by atoms with E-state index in [1.54, 1.807) is 45.3 Å². The van der Waals surface area contributed by atoms with Crippen LogP contribution in [0.2, 0.25) is 0 Å². The molecule has 0 spiro atoms. The minimum Gasteiger partial charge on any atom is -0.458 e. The van der Waals surface area contributed by atoms with Crippen LogP contribution in [-0.4, -0.2) is 103 Å². The number of hydrogen-bond acceptors (Lipinski definition) is 10. The van der Waals surface area contributed by atoms with Crippen LogP contribution in [0.1, 0.15) is 60.3 Å². The van der Waals surface area contributed by atoms with E-state index in [2.05, 4.69) is 17.2 Å². The van der Waals surface area contributed by atoms with E-state index < -0.39 is 66.6 Å². The molecule has 0 aromatic rings. The van der Waals surface area contributed by atoms with Gasteiger partial charge >= 0.3 is 5.97 Å². The third-order valence-corrected chi connectivity index (χ3v) is 10.1. The van der Waals surface area contributed by atoms with E-state index in [9.17, 15) is 19.8 Å². The molecule has 3 heterocycles. The number of cyclic esters (lactones) is 1. The van der Waals surface area contributed by atoms with E-state index in [0.717, 1.165) is 12.0 Å². The van der Waals surface area contributed by atoms with Gasteiger partial charge in [0.2, 0.25) is 6.41 Å². The van der Waals surface area contributed by atoms with Crippen molar-refractivity contribution >= 4 is 24.0 Å². The van der Waals surface area contributed by atoms with Gasteiger partial charge in [-0.1, -0.05) is 49.5 Å².